The minimum absolute atomic E-state index is 0.223. The molecular weight excluding hydrogens is 801 g/mol. The predicted molar refractivity (Wildman–Crippen MR) is 277 cm³/mol. The highest BCUT2D eigenvalue weighted by molar-refractivity contribution is 6.25. The number of ether oxygens (including phenoxy) is 1. The van der Waals surface area contributed by atoms with Crippen LogP contribution in [0.25, 0.3) is 65.7 Å². The highest BCUT2D eigenvalue weighted by Crippen LogP contribution is 2.54. The summed E-state index contributed by atoms with van der Waals surface area (Å²) in [7, 11) is 0. The van der Waals surface area contributed by atoms with Crippen molar-refractivity contribution < 1.29 is 4.74 Å². The van der Waals surface area contributed by atoms with E-state index in [4.69, 9.17) is 4.74 Å². The maximum absolute atomic E-state index is 6.91. The van der Waals surface area contributed by atoms with Crippen LogP contribution in [0.5, 0.6) is 11.5 Å². The van der Waals surface area contributed by atoms with Crippen molar-refractivity contribution in [2.45, 2.75) is 19.3 Å². The van der Waals surface area contributed by atoms with Crippen molar-refractivity contribution in [3.05, 3.63) is 242 Å². The van der Waals surface area contributed by atoms with Gasteiger partial charge in [0.1, 0.15) is 11.5 Å². The molecule has 1 heterocycles. The Morgan fingerprint density at radius 2 is 0.773 bits per heavy atom. The van der Waals surface area contributed by atoms with Crippen molar-refractivity contribution in [2.75, 3.05) is 9.80 Å². The van der Waals surface area contributed by atoms with Crippen LogP contribution in [-0.4, -0.2) is 0 Å². The number of fused-ring (bicyclic) bond motifs is 9. The molecule has 66 heavy (non-hydrogen) atoms. The summed E-state index contributed by atoms with van der Waals surface area (Å²) >= 11 is 0. The smallest absolute Gasteiger partial charge is 0.137 e. The van der Waals surface area contributed by atoms with Gasteiger partial charge < -0.3 is 14.5 Å². The lowest BCUT2D eigenvalue weighted by molar-refractivity contribution is 0.487. The number of anilines is 6. The summed E-state index contributed by atoms with van der Waals surface area (Å²) in [6.07, 6.45) is 0. The van der Waals surface area contributed by atoms with E-state index in [0.717, 1.165) is 56.6 Å². The number of rotatable bonds is 7. The van der Waals surface area contributed by atoms with Gasteiger partial charge in [0.25, 0.3) is 0 Å². The van der Waals surface area contributed by atoms with Crippen LogP contribution < -0.4 is 14.5 Å². The molecule has 0 bridgehead atoms. The van der Waals surface area contributed by atoms with Crippen LogP contribution in [0.3, 0.4) is 0 Å². The van der Waals surface area contributed by atoms with E-state index in [1.165, 1.54) is 65.9 Å². The molecule has 0 spiro atoms. The first-order valence-corrected chi connectivity index (χ1v) is 22.8. The Bertz CT molecular complexity index is 3620. The molecular formula is C63H44N2O. The molecule has 312 valence electrons. The van der Waals surface area contributed by atoms with E-state index < -0.39 is 0 Å². The van der Waals surface area contributed by atoms with E-state index in [9.17, 15) is 0 Å². The van der Waals surface area contributed by atoms with Crippen LogP contribution in [-0.2, 0) is 5.41 Å². The normalized spacial score (nSPS) is 12.9. The molecule has 0 unspecified atom stereocenters. The molecule has 3 nitrogen and oxygen atoms in total. The van der Waals surface area contributed by atoms with Gasteiger partial charge >= 0.3 is 0 Å². The zero-order valence-corrected chi connectivity index (χ0v) is 36.7. The summed E-state index contributed by atoms with van der Waals surface area (Å²) < 4.78 is 6.91. The van der Waals surface area contributed by atoms with Gasteiger partial charge in [-0.05, 0) is 163 Å². The number of hydrogen-bond donors (Lipinski definition) is 0. The fourth-order valence-electron chi connectivity index (χ4n) is 10.9. The van der Waals surface area contributed by atoms with E-state index in [2.05, 4.69) is 254 Å². The molecule has 2 aliphatic rings. The molecule has 3 heteroatoms. The van der Waals surface area contributed by atoms with Crippen LogP contribution in [0.2, 0.25) is 0 Å². The van der Waals surface area contributed by atoms with Gasteiger partial charge in [0.05, 0.1) is 0 Å². The standard InChI is InChI=1S/C63H44N2O/c1-63(2)58-36-41(30-33-50(58)51-34-31-46(37-59(51)63)64(42-18-7-3-8-19-42)43-20-9-4-10-21-43)54-39-56-53-28-17-29-60-62(53)57(40-55(56)49-27-16-15-26-48(49)54)52-35-32-47(38-61(52)66-60)65(44-22-11-5-12-23-44)45-24-13-6-14-25-45/h3-40H,1-2H3. The molecule has 11 aromatic rings. The molecule has 13 rings (SSSR count). The minimum Gasteiger partial charge on any atom is -0.456 e. The summed E-state index contributed by atoms with van der Waals surface area (Å²) in [6, 6.07) is 83.6. The molecule has 1 aliphatic heterocycles. The second-order valence-electron chi connectivity index (χ2n) is 18.1. The summed E-state index contributed by atoms with van der Waals surface area (Å²) in [6.45, 7) is 4.77. The van der Waals surface area contributed by atoms with Gasteiger partial charge in [-0.25, -0.2) is 0 Å². The molecule has 0 radical (unpaired) electrons. The number of benzene rings is 11. The van der Waals surface area contributed by atoms with Crippen LogP contribution in [0.4, 0.5) is 34.1 Å². The van der Waals surface area contributed by atoms with Crippen molar-refractivity contribution in [1.82, 2.24) is 0 Å². The van der Waals surface area contributed by atoms with Crippen LogP contribution in [0.1, 0.15) is 25.0 Å². The van der Waals surface area contributed by atoms with E-state index in [1.807, 2.05) is 0 Å². The first-order chi connectivity index (χ1) is 32.5. The third kappa shape index (κ3) is 5.90. The van der Waals surface area contributed by atoms with Crippen molar-refractivity contribution in [1.29, 1.82) is 0 Å². The SMILES string of the molecule is CC1(C)c2cc(-c3cc4c5cccc6c5c(cc4c4ccccc34)-c3ccc(N(c4ccccc4)c4ccccc4)cc3O6)ccc2-c2ccc(N(c3ccccc3)c3ccccc3)cc21. The average molecular weight is 845 g/mol. The molecule has 0 aromatic heterocycles. The first kappa shape index (κ1) is 38.1. The molecule has 0 atom stereocenters. The Morgan fingerprint density at radius 1 is 0.303 bits per heavy atom. The van der Waals surface area contributed by atoms with Gasteiger partial charge in [0, 0.05) is 56.6 Å². The molecule has 0 saturated carbocycles. The third-order valence-corrected chi connectivity index (χ3v) is 14.0. The highest BCUT2D eigenvalue weighted by Gasteiger charge is 2.37. The van der Waals surface area contributed by atoms with E-state index in [-0.39, 0.29) is 5.41 Å². The lowest BCUT2D eigenvalue weighted by atomic mass is 9.81. The zero-order chi connectivity index (χ0) is 43.9. The van der Waals surface area contributed by atoms with Crippen LogP contribution in [0.15, 0.2) is 231 Å². The summed E-state index contributed by atoms with van der Waals surface area (Å²) in [5, 5.41) is 7.29. The molecule has 0 fully saturated rings. The van der Waals surface area contributed by atoms with Gasteiger partial charge in [-0.2, -0.15) is 0 Å². The number of para-hydroxylation sites is 4. The molecule has 1 aliphatic carbocycles. The first-order valence-electron chi connectivity index (χ1n) is 22.8. The van der Waals surface area contributed by atoms with Gasteiger partial charge in [-0.3, -0.25) is 0 Å². The largest absolute Gasteiger partial charge is 0.456 e. The van der Waals surface area contributed by atoms with Gasteiger partial charge in [-0.1, -0.05) is 141 Å². The molecule has 0 saturated heterocycles. The average Bonchev–Trinajstić information content (AvgIpc) is 3.59. The molecule has 0 amide bonds. The Morgan fingerprint density at radius 3 is 1.38 bits per heavy atom. The van der Waals surface area contributed by atoms with Gasteiger partial charge in [-0.15, -0.1) is 0 Å². The Balaban J connectivity index is 0.933. The van der Waals surface area contributed by atoms with Crippen LogP contribution in [0, 0.1) is 0 Å². The lowest BCUT2D eigenvalue weighted by Crippen LogP contribution is -2.16. The third-order valence-electron chi connectivity index (χ3n) is 14.0. The van der Waals surface area contributed by atoms with Gasteiger partial charge in [0.15, 0.2) is 0 Å². The van der Waals surface area contributed by atoms with Crippen LogP contribution >= 0.6 is 0 Å². The highest BCUT2D eigenvalue weighted by atomic mass is 16.5. The Labute approximate surface area is 385 Å². The lowest BCUT2D eigenvalue weighted by Gasteiger charge is -2.28. The quantitative estimate of drug-likeness (QED) is 0.149. The monoisotopic (exact) mass is 844 g/mol. The number of nitrogens with zero attached hydrogens (tertiary/aromatic N) is 2. The van der Waals surface area contributed by atoms with E-state index in [0.29, 0.717) is 0 Å². The summed E-state index contributed by atoms with van der Waals surface area (Å²) in [5.74, 6) is 1.73. The minimum atomic E-state index is -0.223. The molecule has 11 aromatic carbocycles. The zero-order valence-electron chi connectivity index (χ0n) is 36.7. The van der Waals surface area contributed by atoms with Gasteiger partial charge in [0.2, 0.25) is 0 Å². The Kier molecular flexibility index (Phi) is 8.56. The second-order valence-corrected chi connectivity index (χ2v) is 18.1. The Hall–Kier alpha value is -8.40. The maximum Gasteiger partial charge on any atom is 0.137 e. The van der Waals surface area contributed by atoms with Crippen molar-refractivity contribution in [3.8, 4) is 44.9 Å². The fraction of sp³-hybridized carbons (Fsp3) is 0.0476. The second kappa shape index (κ2) is 14.8. The summed E-state index contributed by atoms with van der Waals surface area (Å²) in [5.41, 5.74) is 16.5. The fourth-order valence-corrected chi connectivity index (χ4v) is 10.9. The van der Waals surface area contributed by atoms with Crippen molar-refractivity contribution in [2.24, 2.45) is 0 Å². The predicted octanol–water partition coefficient (Wildman–Crippen LogP) is 17.8. The van der Waals surface area contributed by atoms with Crippen molar-refractivity contribution >= 4 is 66.4 Å². The molecule has 0 N–H and O–H groups in total. The topological polar surface area (TPSA) is 15.7 Å². The maximum atomic E-state index is 6.91. The van der Waals surface area contributed by atoms with Crippen molar-refractivity contribution in [3.63, 3.8) is 0 Å². The van der Waals surface area contributed by atoms with E-state index >= 15 is 0 Å². The van der Waals surface area contributed by atoms with E-state index in [1.54, 1.807) is 0 Å². The number of hydrogen-bond acceptors (Lipinski definition) is 3. The summed E-state index contributed by atoms with van der Waals surface area (Å²) in [4.78, 5) is 4.65.